The molecule has 1 nitrogen and oxygen atoms in total. The van der Waals surface area contributed by atoms with Gasteiger partial charge in [-0.3, -0.25) is 0 Å². The molecule has 1 aliphatic carbocycles. The summed E-state index contributed by atoms with van der Waals surface area (Å²) in [4.78, 5) is 0. The van der Waals surface area contributed by atoms with Crippen molar-refractivity contribution in [2.75, 3.05) is 6.54 Å². The topological polar surface area (TPSA) is 12.0 Å². The van der Waals surface area contributed by atoms with Gasteiger partial charge < -0.3 is 5.32 Å². The van der Waals surface area contributed by atoms with E-state index in [-0.39, 0.29) is 0 Å². The third-order valence-electron chi connectivity index (χ3n) is 4.24. The molecule has 1 heterocycles. The van der Waals surface area contributed by atoms with Crippen LogP contribution in [0.4, 0.5) is 0 Å². The van der Waals surface area contributed by atoms with Gasteiger partial charge in [-0.2, -0.15) is 0 Å². The van der Waals surface area contributed by atoms with Crippen molar-refractivity contribution in [2.24, 2.45) is 11.8 Å². The Morgan fingerprint density at radius 1 is 1.29 bits per heavy atom. The standard InChI is InChI=1S/C13H25N/c1-11-5-3-6-12(9-11)10-13(2)7-4-8-14-13/h11-12,14H,3-10H2,1-2H3. The van der Waals surface area contributed by atoms with E-state index in [1.807, 2.05) is 0 Å². The zero-order chi connectivity index (χ0) is 10.0. The average molecular weight is 195 g/mol. The fraction of sp³-hybridized carbons (Fsp3) is 1.00. The largest absolute Gasteiger partial charge is 0.312 e. The summed E-state index contributed by atoms with van der Waals surface area (Å²) in [7, 11) is 0. The lowest BCUT2D eigenvalue weighted by atomic mass is 9.76. The molecule has 0 aromatic heterocycles. The van der Waals surface area contributed by atoms with Crippen LogP contribution in [0.5, 0.6) is 0 Å². The number of rotatable bonds is 2. The minimum atomic E-state index is 0.488. The van der Waals surface area contributed by atoms with E-state index >= 15 is 0 Å². The summed E-state index contributed by atoms with van der Waals surface area (Å²) < 4.78 is 0. The van der Waals surface area contributed by atoms with Crippen LogP contribution in [-0.4, -0.2) is 12.1 Å². The van der Waals surface area contributed by atoms with Gasteiger partial charge >= 0.3 is 0 Å². The van der Waals surface area contributed by atoms with Crippen molar-refractivity contribution in [3.8, 4) is 0 Å². The first-order valence-corrected chi connectivity index (χ1v) is 6.43. The van der Waals surface area contributed by atoms with Gasteiger partial charge in [0.05, 0.1) is 0 Å². The van der Waals surface area contributed by atoms with Crippen LogP contribution in [0.25, 0.3) is 0 Å². The summed E-state index contributed by atoms with van der Waals surface area (Å²) in [5.41, 5.74) is 0.488. The van der Waals surface area contributed by atoms with E-state index in [2.05, 4.69) is 19.2 Å². The molecule has 1 heteroatoms. The van der Waals surface area contributed by atoms with E-state index in [1.54, 1.807) is 0 Å². The van der Waals surface area contributed by atoms with Gasteiger partial charge in [0.25, 0.3) is 0 Å². The van der Waals surface area contributed by atoms with Gasteiger partial charge in [-0.1, -0.05) is 26.2 Å². The third-order valence-corrected chi connectivity index (χ3v) is 4.24. The number of hydrogen-bond donors (Lipinski definition) is 1. The lowest BCUT2D eigenvalue weighted by molar-refractivity contribution is 0.215. The second kappa shape index (κ2) is 4.22. The zero-order valence-electron chi connectivity index (χ0n) is 9.81. The van der Waals surface area contributed by atoms with Gasteiger partial charge in [0.15, 0.2) is 0 Å². The fourth-order valence-corrected chi connectivity index (χ4v) is 3.51. The highest BCUT2D eigenvalue weighted by Crippen LogP contribution is 2.36. The van der Waals surface area contributed by atoms with Gasteiger partial charge in [0.2, 0.25) is 0 Å². The van der Waals surface area contributed by atoms with Crippen LogP contribution in [0.2, 0.25) is 0 Å². The van der Waals surface area contributed by atoms with E-state index in [4.69, 9.17) is 0 Å². The van der Waals surface area contributed by atoms with Crippen molar-refractivity contribution in [2.45, 2.75) is 64.3 Å². The molecule has 2 fully saturated rings. The molecule has 2 aliphatic rings. The van der Waals surface area contributed by atoms with Crippen molar-refractivity contribution in [3.05, 3.63) is 0 Å². The zero-order valence-corrected chi connectivity index (χ0v) is 9.81. The Morgan fingerprint density at radius 2 is 2.14 bits per heavy atom. The molecule has 1 saturated carbocycles. The fourth-order valence-electron chi connectivity index (χ4n) is 3.51. The van der Waals surface area contributed by atoms with E-state index in [9.17, 15) is 0 Å². The Bertz CT molecular complexity index is 182. The Balaban J connectivity index is 1.83. The molecule has 1 aliphatic heterocycles. The third kappa shape index (κ3) is 2.50. The van der Waals surface area contributed by atoms with Crippen molar-refractivity contribution in [1.82, 2.24) is 5.32 Å². The van der Waals surface area contributed by atoms with Crippen LogP contribution in [0.1, 0.15) is 58.8 Å². The summed E-state index contributed by atoms with van der Waals surface area (Å²) >= 11 is 0. The van der Waals surface area contributed by atoms with Crippen LogP contribution < -0.4 is 5.32 Å². The van der Waals surface area contributed by atoms with Crippen molar-refractivity contribution in [1.29, 1.82) is 0 Å². The maximum absolute atomic E-state index is 3.70. The minimum Gasteiger partial charge on any atom is -0.312 e. The van der Waals surface area contributed by atoms with E-state index in [0.29, 0.717) is 5.54 Å². The molecule has 3 atom stereocenters. The Kier molecular flexibility index (Phi) is 3.16. The molecule has 82 valence electrons. The summed E-state index contributed by atoms with van der Waals surface area (Å²) in [6, 6.07) is 0. The summed E-state index contributed by atoms with van der Waals surface area (Å²) in [5, 5.41) is 3.70. The molecule has 0 spiro atoms. The van der Waals surface area contributed by atoms with Crippen molar-refractivity contribution >= 4 is 0 Å². The average Bonchev–Trinajstić information content (AvgIpc) is 2.51. The normalized spacial score (nSPS) is 44.1. The predicted molar refractivity (Wildman–Crippen MR) is 61.4 cm³/mol. The first kappa shape index (κ1) is 10.5. The van der Waals surface area contributed by atoms with E-state index < -0.39 is 0 Å². The molecule has 0 bridgehead atoms. The Hall–Kier alpha value is -0.0400. The molecule has 1 saturated heterocycles. The lowest BCUT2D eigenvalue weighted by Crippen LogP contribution is -2.38. The summed E-state index contributed by atoms with van der Waals surface area (Å²) in [6.07, 6.45) is 10.1. The molecule has 1 N–H and O–H groups in total. The highest BCUT2D eigenvalue weighted by molar-refractivity contribution is 4.91. The summed E-state index contributed by atoms with van der Waals surface area (Å²) in [5.74, 6) is 1.99. The predicted octanol–water partition coefficient (Wildman–Crippen LogP) is 3.34. The molecular formula is C13H25N. The Morgan fingerprint density at radius 3 is 2.79 bits per heavy atom. The van der Waals surface area contributed by atoms with Crippen LogP contribution in [-0.2, 0) is 0 Å². The van der Waals surface area contributed by atoms with Crippen LogP contribution >= 0.6 is 0 Å². The highest BCUT2D eigenvalue weighted by atomic mass is 15.0. The molecule has 0 aromatic rings. The number of hydrogen-bond acceptors (Lipinski definition) is 1. The molecule has 3 unspecified atom stereocenters. The molecule has 0 aromatic carbocycles. The van der Waals surface area contributed by atoms with Crippen LogP contribution in [0.3, 0.4) is 0 Å². The van der Waals surface area contributed by atoms with Crippen LogP contribution in [0.15, 0.2) is 0 Å². The first-order chi connectivity index (χ1) is 6.68. The first-order valence-electron chi connectivity index (χ1n) is 6.43. The molecule has 2 rings (SSSR count). The maximum atomic E-state index is 3.70. The quantitative estimate of drug-likeness (QED) is 0.712. The maximum Gasteiger partial charge on any atom is 0.0156 e. The molecule has 0 amide bonds. The lowest BCUT2D eigenvalue weighted by Gasteiger charge is -2.34. The van der Waals surface area contributed by atoms with Gasteiger partial charge in [0.1, 0.15) is 0 Å². The monoisotopic (exact) mass is 195 g/mol. The minimum absolute atomic E-state index is 0.488. The molecule has 14 heavy (non-hydrogen) atoms. The Labute approximate surface area is 88.7 Å². The van der Waals surface area contributed by atoms with Crippen molar-refractivity contribution in [3.63, 3.8) is 0 Å². The molecule has 0 radical (unpaired) electrons. The molecular weight excluding hydrogens is 170 g/mol. The highest BCUT2D eigenvalue weighted by Gasteiger charge is 2.32. The second-order valence-corrected chi connectivity index (χ2v) is 5.93. The van der Waals surface area contributed by atoms with Gasteiger partial charge in [0, 0.05) is 5.54 Å². The summed E-state index contributed by atoms with van der Waals surface area (Å²) in [6.45, 7) is 6.11. The van der Waals surface area contributed by atoms with Gasteiger partial charge in [-0.15, -0.1) is 0 Å². The van der Waals surface area contributed by atoms with Gasteiger partial charge in [-0.25, -0.2) is 0 Å². The number of nitrogens with one attached hydrogen (secondary N) is 1. The second-order valence-electron chi connectivity index (χ2n) is 5.93. The van der Waals surface area contributed by atoms with Crippen molar-refractivity contribution < 1.29 is 0 Å². The van der Waals surface area contributed by atoms with E-state index in [0.717, 1.165) is 11.8 Å². The smallest absolute Gasteiger partial charge is 0.0156 e. The SMILES string of the molecule is CC1CCCC(CC2(C)CCCN2)C1. The van der Waals surface area contributed by atoms with Gasteiger partial charge in [-0.05, 0) is 51.0 Å². The van der Waals surface area contributed by atoms with Crippen LogP contribution in [0, 0.1) is 11.8 Å². The van der Waals surface area contributed by atoms with E-state index in [1.165, 1.54) is 51.5 Å².